The summed E-state index contributed by atoms with van der Waals surface area (Å²) in [5, 5.41) is -0.230. The maximum Gasteiger partial charge on any atom is 0.0770 e. The molecule has 70 valence electrons. The Morgan fingerprint density at radius 2 is 1.58 bits per heavy atom. The number of hydrogen-bond donors (Lipinski definition) is 0. The first kappa shape index (κ1) is 12.0. The van der Waals surface area contributed by atoms with Crippen LogP contribution in [0.1, 0.15) is 41.5 Å². The van der Waals surface area contributed by atoms with E-state index in [4.69, 9.17) is 12.6 Å². The summed E-state index contributed by atoms with van der Waals surface area (Å²) in [6.45, 7) is 13.1. The first-order valence-corrected chi connectivity index (χ1v) is 4.58. The SMILES string of the molecule is [B]C(C)(C)COC(C)(C)C(C)C. The van der Waals surface area contributed by atoms with E-state index < -0.39 is 0 Å². The van der Waals surface area contributed by atoms with Gasteiger partial charge in [-0.1, -0.05) is 27.7 Å². The summed E-state index contributed by atoms with van der Waals surface area (Å²) in [7, 11) is 5.82. The molecule has 12 heavy (non-hydrogen) atoms. The summed E-state index contributed by atoms with van der Waals surface area (Å²) in [5.74, 6) is 0.514. The minimum absolute atomic E-state index is 0.0728. The molecule has 0 aliphatic carbocycles. The van der Waals surface area contributed by atoms with E-state index in [9.17, 15) is 0 Å². The first-order chi connectivity index (χ1) is 5.15. The zero-order chi connectivity index (χ0) is 9.99. The van der Waals surface area contributed by atoms with Gasteiger partial charge in [-0.05, 0) is 25.1 Å². The van der Waals surface area contributed by atoms with Crippen molar-refractivity contribution in [2.75, 3.05) is 6.61 Å². The zero-order valence-electron chi connectivity index (χ0n) is 9.27. The molecule has 0 aromatic carbocycles. The van der Waals surface area contributed by atoms with Gasteiger partial charge in [0.1, 0.15) is 0 Å². The highest BCUT2D eigenvalue weighted by Gasteiger charge is 2.25. The summed E-state index contributed by atoms with van der Waals surface area (Å²) in [6, 6.07) is 0. The molecule has 0 rings (SSSR count). The molecule has 2 heteroatoms. The largest absolute Gasteiger partial charge is 0.376 e. The minimum atomic E-state index is -0.230. The van der Waals surface area contributed by atoms with Crippen molar-refractivity contribution in [1.29, 1.82) is 0 Å². The van der Waals surface area contributed by atoms with Crippen LogP contribution in [-0.2, 0) is 4.74 Å². The standard InChI is InChI=1S/C10H21BO/c1-8(2)10(5,6)12-7-9(3,4)11/h8H,7H2,1-6H3. The van der Waals surface area contributed by atoms with Crippen molar-refractivity contribution >= 4 is 7.85 Å². The lowest BCUT2D eigenvalue weighted by atomic mass is 9.73. The van der Waals surface area contributed by atoms with Crippen LogP contribution in [0.15, 0.2) is 0 Å². The molecule has 0 saturated carbocycles. The van der Waals surface area contributed by atoms with Gasteiger partial charge in [0.2, 0.25) is 0 Å². The Kier molecular flexibility index (Phi) is 3.83. The molecule has 0 aliphatic rings. The fourth-order valence-corrected chi connectivity index (χ4v) is 0.539. The lowest BCUT2D eigenvalue weighted by Gasteiger charge is -2.33. The highest BCUT2D eigenvalue weighted by molar-refractivity contribution is 6.14. The van der Waals surface area contributed by atoms with E-state index in [2.05, 4.69) is 27.7 Å². The van der Waals surface area contributed by atoms with Crippen LogP contribution in [0.4, 0.5) is 0 Å². The van der Waals surface area contributed by atoms with Crippen LogP contribution in [-0.4, -0.2) is 20.1 Å². The maximum atomic E-state index is 5.82. The number of hydrogen-bond acceptors (Lipinski definition) is 1. The molecule has 0 aliphatic heterocycles. The van der Waals surface area contributed by atoms with Gasteiger partial charge in [0.05, 0.1) is 13.4 Å². The lowest BCUT2D eigenvalue weighted by Crippen LogP contribution is -2.33. The van der Waals surface area contributed by atoms with Gasteiger partial charge in [-0.25, -0.2) is 0 Å². The highest BCUT2D eigenvalue weighted by atomic mass is 16.5. The van der Waals surface area contributed by atoms with Crippen molar-refractivity contribution in [3.63, 3.8) is 0 Å². The van der Waals surface area contributed by atoms with Crippen LogP contribution in [0.3, 0.4) is 0 Å². The van der Waals surface area contributed by atoms with Crippen molar-refractivity contribution < 1.29 is 4.74 Å². The summed E-state index contributed by atoms with van der Waals surface area (Å²) >= 11 is 0. The predicted molar refractivity (Wildman–Crippen MR) is 54.7 cm³/mol. The maximum absolute atomic E-state index is 5.82. The van der Waals surface area contributed by atoms with Gasteiger partial charge >= 0.3 is 0 Å². The molecule has 0 heterocycles. The molecule has 0 amide bonds. The first-order valence-electron chi connectivity index (χ1n) is 4.58. The fraction of sp³-hybridized carbons (Fsp3) is 1.00. The van der Waals surface area contributed by atoms with Gasteiger partial charge in [0, 0.05) is 6.61 Å². The number of rotatable bonds is 4. The molecule has 1 nitrogen and oxygen atoms in total. The van der Waals surface area contributed by atoms with E-state index in [0.29, 0.717) is 12.5 Å². The van der Waals surface area contributed by atoms with E-state index in [-0.39, 0.29) is 10.9 Å². The third kappa shape index (κ3) is 4.81. The smallest absolute Gasteiger partial charge is 0.0770 e. The van der Waals surface area contributed by atoms with Gasteiger partial charge < -0.3 is 4.74 Å². The highest BCUT2D eigenvalue weighted by Crippen LogP contribution is 2.26. The van der Waals surface area contributed by atoms with Crippen LogP contribution >= 0.6 is 0 Å². The molecular weight excluding hydrogens is 147 g/mol. The Hall–Kier alpha value is 0.0249. The third-order valence-corrected chi connectivity index (χ3v) is 2.21. The lowest BCUT2D eigenvalue weighted by molar-refractivity contribution is -0.0584. The molecule has 0 bridgehead atoms. The molecule has 0 atom stereocenters. The second-order valence-electron chi connectivity index (χ2n) is 5.04. The minimum Gasteiger partial charge on any atom is -0.376 e. The average molecular weight is 168 g/mol. The van der Waals surface area contributed by atoms with Crippen molar-refractivity contribution in [3.8, 4) is 0 Å². The Morgan fingerprint density at radius 1 is 1.17 bits per heavy atom. The summed E-state index contributed by atoms with van der Waals surface area (Å²) in [4.78, 5) is 0. The predicted octanol–water partition coefficient (Wildman–Crippen LogP) is 2.80. The van der Waals surface area contributed by atoms with E-state index in [1.165, 1.54) is 0 Å². The molecule has 2 radical (unpaired) electrons. The van der Waals surface area contributed by atoms with Crippen LogP contribution in [0, 0.1) is 5.92 Å². The summed E-state index contributed by atoms with van der Waals surface area (Å²) in [5.41, 5.74) is -0.0728. The average Bonchev–Trinajstić information content (AvgIpc) is 1.82. The normalized spacial score (nSPS) is 13.9. The monoisotopic (exact) mass is 168 g/mol. The van der Waals surface area contributed by atoms with Crippen molar-refractivity contribution in [3.05, 3.63) is 0 Å². The summed E-state index contributed by atoms with van der Waals surface area (Å²) in [6.07, 6.45) is 0. The molecule has 0 fully saturated rings. The van der Waals surface area contributed by atoms with E-state index >= 15 is 0 Å². The van der Waals surface area contributed by atoms with Crippen molar-refractivity contribution in [2.45, 2.75) is 52.5 Å². The molecular formula is C10H21BO. The molecule has 0 saturated heterocycles. The molecule has 0 aromatic heterocycles. The van der Waals surface area contributed by atoms with Crippen molar-refractivity contribution in [2.24, 2.45) is 5.92 Å². The molecule has 0 spiro atoms. The molecule has 0 unspecified atom stereocenters. The van der Waals surface area contributed by atoms with Gasteiger partial charge in [0.25, 0.3) is 0 Å². The van der Waals surface area contributed by atoms with Crippen LogP contribution in [0.2, 0.25) is 5.31 Å². The van der Waals surface area contributed by atoms with E-state index in [1.54, 1.807) is 0 Å². The van der Waals surface area contributed by atoms with Crippen molar-refractivity contribution in [1.82, 2.24) is 0 Å². The molecule has 0 N–H and O–H groups in total. The third-order valence-electron chi connectivity index (χ3n) is 2.21. The topological polar surface area (TPSA) is 9.23 Å². The fourth-order valence-electron chi connectivity index (χ4n) is 0.539. The second kappa shape index (κ2) is 3.82. The Morgan fingerprint density at radius 3 is 1.83 bits per heavy atom. The quantitative estimate of drug-likeness (QED) is 0.586. The Balaban J connectivity index is 3.93. The van der Waals surface area contributed by atoms with Gasteiger partial charge in [-0.15, -0.1) is 0 Å². The van der Waals surface area contributed by atoms with E-state index in [0.717, 1.165) is 0 Å². The van der Waals surface area contributed by atoms with Gasteiger partial charge in [-0.3, -0.25) is 0 Å². The van der Waals surface area contributed by atoms with E-state index in [1.807, 2.05) is 13.8 Å². The van der Waals surface area contributed by atoms with Gasteiger partial charge in [-0.2, -0.15) is 0 Å². The van der Waals surface area contributed by atoms with Crippen LogP contribution in [0.25, 0.3) is 0 Å². The summed E-state index contributed by atoms with van der Waals surface area (Å²) < 4.78 is 5.73. The van der Waals surface area contributed by atoms with Gasteiger partial charge in [0.15, 0.2) is 0 Å². The van der Waals surface area contributed by atoms with Crippen LogP contribution < -0.4 is 0 Å². The Labute approximate surface area is 78.3 Å². The molecule has 0 aromatic rings. The number of ether oxygens (including phenoxy) is 1. The zero-order valence-corrected chi connectivity index (χ0v) is 9.27. The Bertz CT molecular complexity index is 133. The van der Waals surface area contributed by atoms with Crippen LogP contribution in [0.5, 0.6) is 0 Å². The second-order valence-corrected chi connectivity index (χ2v) is 5.04.